The first-order valence-electron chi connectivity index (χ1n) is 10.3. The molecule has 3 aromatic carbocycles. The van der Waals surface area contributed by atoms with E-state index in [0.717, 1.165) is 38.3 Å². The number of benzene rings is 3. The molecular formula is C25H27N3O. The minimum Gasteiger partial charge on any atom is -0.368 e. The Morgan fingerprint density at radius 1 is 0.690 bits per heavy atom. The molecule has 29 heavy (non-hydrogen) atoms. The lowest BCUT2D eigenvalue weighted by Gasteiger charge is -2.37. The molecular weight excluding hydrogens is 358 g/mol. The Balaban J connectivity index is 1.26. The Hall–Kier alpha value is -3.27. The normalized spacial score (nSPS) is 13.9. The summed E-state index contributed by atoms with van der Waals surface area (Å²) in [5.74, 6) is 0.0538. The number of hydrogen-bond acceptors (Lipinski definition) is 3. The van der Waals surface area contributed by atoms with Crippen LogP contribution in [0.4, 0.5) is 17.1 Å². The van der Waals surface area contributed by atoms with Gasteiger partial charge in [0.2, 0.25) is 5.91 Å². The van der Waals surface area contributed by atoms with E-state index in [1.165, 1.54) is 16.9 Å². The van der Waals surface area contributed by atoms with E-state index < -0.39 is 0 Å². The zero-order chi connectivity index (χ0) is 19.9. The Labute approximate surface area is 172 Å². The summed E-state index contributed by atoms with van der Waals surface area (Å²) in [6.07, 6.45) is 1.25. The van der Waals surface area contributed by atoms with Crippen LogP contribution in [-0.2, 0) is 11.2 Å². The average Bonchev–Trinajstić information content (AvgIpc) is 2.80. The van der Waals surface area contributed by atoms with Crippen molar-refractivity contribution in [2.45, 2.75) is 12.8 Å². The van der Waals surface area contributed by atoms with Crippen molar-refractivity contribution in [3.05, 3.63) is 90.5 Å². The third kappa shape index (κ3) is 5.17. The van der Waals surface area contributed by atoms with E-state index in [-0.39, 0.29) is 5.91 Å². The third-order valence-corrected chi connectivity index (χ3v) is 5.40. The van der Waals surface area contributed by atoms with Crippen LogP contribution in [0.15, 0.2) is 84.9 Å². The summed E-state index contributed by atoms with van der Waals surface area (Å²) in [5, 5.41) is 3.01. The number of carbonyl (C=O) groups excluding carboxylic acids is 1. The quantitative estimate of drug-likeness (QED) is 0.674. The zero-order valence-corrected chi connectivity index (χ0v) is 16.6. The number of hydrogen-bond donors (Lipinski definition) is 1. The van der Waals surface area contributed by atoms with E-state index in [9.17, 15) is 4.79 Å². The van der Waals surface area contributed by atoms with Gasteiger partial charge < -0.3 is 15.1 Å². The van der Waals surface area contributed by atoms with Gasteiger partial charge in [-0.05, 0) is 48.4 Å². The molecule has 1 fully saturated rings. The predicted molar refractivity (Wildman–Crippen MR) is 121 cm³/mol. The first kappa shape index (κ1) is 19.1. The summed E-state index contributed by atoms with van der Waals surface area (Å²) in [6, 6.07) is 28.9. The number of para-hydroxylation sites is 1. The Bertz CT molecular complexity index is 902. The molecule has 1 N–H and O–H groups in total. The van der Waals surface area contributed by atoms with Gasteiger partial charge in [-0.2, -0.15) is 0 Å². The van der Waals surface area contributed by atoms with Gasteiger partial charge in [-0.3, -0.25) is 4.79 Å². The fraction of sp³-hybridized carbons (Fsp3) is 0.240. The second kappa shape index (κ2) is 9.28. The van der Waals surface area contributed by atoms with Crippen LogP contribution in [-0.4, -0.2) is 32.1 Å². The topological polar surface area (TPSA) is 35.6 Å². The van der Waals surface area contributed by atoms with Crippen LogP contribution in [0.3, 0.4) is 0 Å². The lowest BCUT2D eigenvalue weighted by Crippen LogP contribution is -2.46. The SMILES string of the molecule is O=C(CCc1ccccc1)Nc1ccc(N2CCN(c3ccccc3)CC2)cc1. The number of anilines is 3. The van der Waals surface area contributed by atoms with E-state index in [1.807, 2.05) is 30.3 Å². The van der Waals surface area contributed by atoms with Crippen LogP contribution >= 0.6 is 0 Å². The molecule has 1 saturated heterocycles. The summed E-state index contributed by atoms with van der Waals surface area (Å²) in [6.45, 7) is 4.03. The van der Waals surface area contributed by atoms with Gasteiger partial charge >= 0.3 is 0 Å². The van der Waals surface area contributed by atoms with Crippen LogP contribution < -0.4 is 15.1 Å². The van der Waals surface area contributed by atoms with Gasteiger partial charge in [0.25, 0.3) is 0 Å². The minimum atomic E-state index is 0.0538. The summed E-state index contributed by atoms with van der Waals surface area (Å²) in [4.78, 5) is 17.0. The number of rotatable bonds is 6. The van der Waals surface area contributed by atoms with Crippen LogP contribution in [0.2, 0.25) is 0 Å². The van der Waals surface area contributed by atoms with Crippen molar-refractivity contribution in [3.63, 3.8) is 0 Å². The first-order chi connectivity index (χ1) is 14.3. The molecule has 0 spiro atoms. The van der Waals surface area contributed by atoms with Crippen LogP contribution in [0.1, 0.15) is 12.0 Å². The van der Waals surface area contributed by atoms with Crippen molar-refractivity contribution >= 4 is 23.0 Å². The summed E-state index contributed by atoms with van der Waals surface area (Å²) < 4.78 is 0. The molecule has 4 rings (SSSR count). The zero-order valence-electron chi connectivity index (χ0n) is 16.6. The first-order valence-corrected chi connectivity index (χ1v) is 10.3. The van der Waals surface area contributed by atoms with Gasteiger partial charge in [-0.15, -0.1) is 0 Å². The van der Waals surface area contributed by atoms with Gasteiger partial charge in [0.1, 0.15) is 0 Å². The largest absolute Gasteiger partial charge is 0.368 e. The molecule has 1 aliphatic heterocycles. The second-order valence-corrected chi connectivity index (χ2v) is 7.39. The Kier molecular flexibility index (Phi) is 6.10. The van der Waals surface area contributed by atoms with E-state index in [4.69, 9.17) is 0 Å². The van der Waals surface area contributed by atoms with Crippen LogP contribution in [0.25, 0.3) is 0 Å². The number of nitrogens with one attached hydrogen (secondary N) is 1. The maximum absolute atomic E-state index is 12.2. The summed E-state index contributed by atoms with van der Waals surface area (Å²) >= 11 is 0. The smallest absolute Gasteiger partial charge is 0.224 e. The maximum atomic E-state index is 12.2. The highest BCUT2D eigenvalue weighted by Gasteiger charge is 2.17. The fourth-order valence-electron chi connectivity index (χ4n) is 3.74. The molecule has 0 unspecified atom stereocenters. The van der Waals surface area contributed by atoms with Crippen molar-refractivity contribution in [3.8, 4) is 0 Å². The standard InChI is InChI=1S/C25H27N3O/c29-25(16-11-21-7-3-1-4-8-21)26-22-12-14-24(15-13-22)28-19-17-27(18-20-28)23-9-5-2-6-10-23/h1-10,12-15H,11,16-20H2,(H,26,29). The number of carbonyl (C=O) groups is 1. The minimum absolute atomic E-state index is 0.0538. The average molecular weight is 386 g/mol. The Morgan fingerprint density at radius 2 is 1.21 bits per heavy atom. The van der Waals surface area contributed by atoms with Crippen molar-refractivity contribution in [1.29, 1.82) is 0 Å². The highest BCUT2D eigenvalue weighted by molar-refractivity contribution is 5.91. The van der Waals surface area contributed by atoms with E-state index >= 15 is 0 Å². The molecule has 1 aliphatic rings. The van der Waals surface area contributed by atoms with Crippen molar-refractivity contribution < 1.29 is 4.79 Å². The van der Waals surface area contributed by atoms with Crippen molar-refractivity contribution in [2.75, 3.05) is 41.3 Å². The highest BCUT2D eigenvalue weighted by atomic mass is 16.1. The molecule has 4 nitrogen and oxygen atoms in total. The number of piperazine rings is 1. The monoisotopic (exact) mass is 385 g/mol. The number of nitrogens with zero attached hydrogens (tertiary/aromatic N) is 2. The number of amides is 1. The highest BCUT2D eigenvalue weighted by Crippen LogP contribution is 2.22. The maximum Gasteiger partial charge on any atom is 0.224 e. The van der Waals surface area contributed by atoms with Crippen LogP contribution in [0.5, 0.6) is 0 Å². The third-order valence-electron chi connectivity index (χ3n) is 5.40. The van der Waals surface area contributed by atoms with Crippen molar-refractivity contribution in [2.24, 2.45) is 0 Å². The van der Waals surface area contributed by atoms with Gasteiger partial charge in [0.15, 0.2) is 0 Å². The van der Waals surface area contributed by atoms with E-state index in [0.29, 0.717) is 6.42 Å². The predicted octanol–water partition coefficient (Wildman–Crippen LogP) is 4.58. The molecule has 4 heteroatoms. The van der Waals surface area contributed by atoms with Gasteiger partial charge in [-0.25, -0.2) is 0 Å². The molecule has 1 amide bonds. The van der Waals surface area contributed by atoms with Crippen molar-refractivity contribution in [1.82, 2.24) is 0 Å². The van der Waals surface area contributed by atoms with Gasteiger partial charge in [0, 0.05) is 49.7 Å². The Morgan fingerprint density at radius 3 is 1.79 bits per heavy atom. The fourth-order valence-corrected chi connectivity index (χ4v) is 3.74. The molecule has 148 valence electrons. The van der Waals surface area contributed by atoms with Crippen LogP contribution in [0, 0.1) is 0 Å². The number of aryl methyl sites for hydroxylation is 1. The second-order valence-electron chi connectivity index (χ2n) is 7.39. The molecule has 0 radical (unpaired) electrons. The van der Waals surface area contributed by atoms with Gasteiger partial charge in [0.05, 0.1) is 0 Å². The lowest BCUT2D eigenvalue weighted by molar-refractivity contribution is -0.116. The summed E-state index contributed by atoms with van der Waals surface area (Å²) in [5.41, 5.74) is 4.54. The van der Waals surface area contributed by atoms with E-state index in [2.05, 4.69) is 69.7 Å². The van der Waals surface area contributed by atoms with E-state index in [1.54, 1.807) is 0 Å². The van der Waals surface area contributed by atoms with Gasteiger partial charge in [-0.1, -0.05) is 48.5 Å². The molecule has 3 aromatic rings. The summed E-state index contributed by atoms with van der Waals surface area (Å²) in [7, 11) is 0. The lowest BCUT2D eigenvalue weighted by atomic mass is 10.1. The molecule has 1 heterocycles. The molecule has 0 bridgehead atoms. The molecule has 0 saturated carbocycles. The molecule has 0 aliphatic carbocycles. The molecule has 0 aromatic heterocycles. The molecule has 0 atom stereocenters.